The number of ether oxygens (including phenoxy) is 1. The van der Waals surface area contributed by atoms with Gasteiger partial charge in [-0.15, -0.1) is 0 Å². The SMILES string of the molecule is CCCOc1ccc(C(=O)NC(c2ccccc2)c2ccccc2C)cc1. The van der Waals surface area contributed by atoms with Crippen molar-refractivity contribution < 1.29 is 9.53 Å². The minimum atomic E-state index is -0.198. The third-order valence-corrected chi connectivity index (χ3v) is 4.50. The zero-order valence-electron chi connectivity index (χ0n) is 15.8. The second-order valence-electron chi connectivity index (χ2n) is 6.55. The van der Waals surface area contributed by atoms with E-state index >= 15 is 0 Å². The molecule has 0 aromatic heterocycles. The maximum atomic E-state index is 12.9. The van der Waals surface area contributed by atoms with Crippen LogP contribution in [0.1, 0.15) is 46.4 Å². The van der Waals surface area contributed by atoms with Crippen LogP contribution in [0.4, 0.5) is 0 Å². The Labute approximate surface area is 161 Å². The third-order valence-electron chi connectivity index (χ3n) is 4.50. The van der Waals surface area contributed by atoms with E-state index in [1.807, 2.05) is 54.6 Å². The van der Waals surface area contributed by atoms with Crippen LogP contribution in [0.2, 0.25) is 0 Å². The van der Waals surface area contributed by atoms with Crippen LogP contribution >= 0.6 is 0 Å². The van der Waals surface area contributed by atoms with Gasteiger partial charge < -0.3 is 10.1 Å². The van der Waals surface area contributed by atoms with Gasteiger partial charge in [0.1, 0.15) is 5.75 Å². The van der Waals surface area contributed by atoms with E-state index in [4.69, 9.17) is 4.74 Å². The van der Waals surface area contributed by atoms with Gasteiger partial charge in [0.05, 0.1) is 12.6 Å². The molecule has 3 aromatic carbocycles. The molecule has 0 heterocycles. The molecule has 138 valence electrons. The smallest absolute Gasteiger partial charge is 0.252 e. The van der Waals surface area contributed by atoms with Crippen LogP contribution in [0.15, 0.2) is 78.9 Å². The van der Waals surface area contributed by atoms with Gasteiger partial charge in [0.15, 0.2) is 0 Å². The molecule has 3 nitrogen and oxygen atoms in total. The average molecular weight is 359 g/mol. The predicted octanol–water partition coefficient (Wildman–Crippen LogP) is 5.30. The lowest BCUT2D eigenvalue weighted by Gasteiger charge is -2.22. The normalized spacial score (nSPS) is 11.6. The topological polar surface area (TPSA) is 38.3 Å². The maximum absolute atomic E-state index is 12.9. The van der Waals surface area contributed by atoms with Crippen molar-refractivity contribution in [3.05, 3.63) is 101 Å². The van der Waals surface area contributed by atoms with E-state index < -0.39 is 0 Å². The lowest BCUT2D eigenvalue weighted by Crippen LogP contribution is -2.29. The molecule has 1 N–H and O–H groups in total. The molecule has 0 saturated carbocycles. The summed E-state index contributed by atoms with van der Waals surface area (Å²) in [5, 5.41) is 3.19. The van der Waals surface area contributed by atoms with Gasteiger partial charge in [0.2, 0.25) is 0 Å². The van der Waals surface area contributed by atoms with Crippen LogP contribution in [-0.2, 0) is 0 Å². The molecule has 0 saturated heterocycles. The van der Waals surface area contributed by atoms with Gasteiger partial charge in [0.25, 0.3) is 5.91 Å². The minimum absolute atomic E-state index is 0.103. The molecule has 0 spiro atoms. The second-order valence-corrected chi connectivity index (χ2v) is 6.55. The number of nitrogens with one attached hydrogen (secondary N) is 1. The van der Waals surface area contributed by atoms with Gasteiger partial charge in [-0.25, -0.2) is 0 Å². The first-order valence-corrected chi connectivity index (χ1v) is 9.33. The maximum Gasteiger partial charge on any atom is 0.252 e. The van der Waals surface area contributed by atoms with Crippen LogP contribution in [0.25, 0.3) is 0 Å². The summed E-state index contributed by atoms with van der Waals surface area (Å²) in [4.78, 5) is 12.9. The van der Waals surface area contributed by atoms with Crippen molar-refractivity contribution in [3.63, 3.8) is 0 Å². The molecule has 0 radical (unpaired) electrons. The van der Waals surface area contributed by atoms with Crippen molar-refractivity contribution in [2.45, 2.75) is 26.3 Å². The Hall–Kier alpha value is -3.07. The van der Waals surface area contributed by atoms with Crippen molar-refractivity contribution in [3.8, 4) is 5.75 Å². The third kappa shape index (κ3) is 4.76. The summed E-state index contributed by atoms with van der Waals surface area (Å²) in [6, 6.07) is 25.3. The predicted molar refractivity (Wildman–Crippen MR) is 109 cm³/mol. The highest BCUT2D eigenvalue weighted by atomic mass is 16.5. The number of aryl methyl sites for hydroxylation is 1. The van der Waals surface area contributed by atoms with Crippen LogP contribution in [0.5, 0.6) is 5.75 Å². The Kier molecular flexibility index (Phi) is 6.26. The standard InChI is InChI=1S/C24H25NO2/c1-3-17-27-21-15-13-20(14-16-21)24(26)25-23(19-10-5-4-6-11-19)22-12-8-7-9-18(22)2/h4-16,23H,3,17H2,1-2H3,(H,25,26). The first-order chi connectivity index (χ1) is 13.2. The van der Waals surface area contributed by atoms with Gasteiger partial charge in [0, 0.05) is 5.56 Å². The molecule has 1 amide bonds. The number of hydrogen-bond acceptors (Lipinski definition) is 2. The molecule has 27 heavy (non-hydrogen) atoms. The van der Waals surface area contributed by atoms with Gasteiger partial charge >= 0.3 is 0 Å². The molecular formula is C24H25NO2. The van der Waals surface area contributed by atoms with Gasteiger partial charge in [-0.2, -0.15) is 0 Å². The molecule has 0 fully saturated rings. The van der Waals surface area contributed by atoms with Gasteiger partial charge in [-0.05, 0) is 54.3 Å². The fourth-order valence-electron chi connectivity index (χ4n) is 3.03. The molecule has 1 atom stereocenters. The largest absolute Gasteiger partial charge is 0.494 e. The van der Waals surface area contributed by atoms with E-state index in [9.17, 15) is 4.79 Å². The van der Waals surface area contributed by atoms with E-state index in [1.54, 1.807) is 12.1 Å². The Bertz CT molecular complexity index is 872. The fraction of sp³-hybridized carbons (Fsp3) is 0.208. The van der Waals surface area contributed by atoms with Crippen molar-refractivity contribution in [2.24, 2.45) is 0 Å². The number of hydrogen-bond donors (Lipinski definition) is 1. The summed E-state index contributed by atoms with van der Waals surface area (Å²) in [6.45, 7) is 4.81. The first-order valence-electron chi connectivity index (χ1n) is 9.33. The van der Waals surface area contributed by atoms with E-state index in [-0.39, 0.29) is 11.9 Å². The molecule has 0 aliphatic rings. The van der Waals surface area contributed by atoms with Crippen molar-refractivity contribution in [2.75, 3.05) is 6.61 Å². The summed E-state index contributed by atoms with van der Waals surface area (Å²) < 4.78 is 5.59. The molecule has 0 aliphatic carbocycles. The van der Waals surface area contributed by atoms with Gasteiger partial charge in [-0.3, -0.25) is 4.79 Å². The Morgan fingerprint density at radius 2 is 1.59 bits per heavy atom. The molecule has 1 unspecified atom stereocenters. The molecule has 3 heteroatoms. The number of benzene rings is 3. The van der Waals surface area contributed by atoms with E-state index in [1.165, 1.54) is 0 Å². The zero-order valence-corrected chi connectivity index (χ0v) is 15.8. The second kappa shape index (κ2) is 9.04. The number of rotatable bonds is 7. The highest BCUT2D eigenvalue weighted by Gasteiger charge is 2.19. The van der Waals surface area contributed by atoms with Crippen LogP contribution < -0.4 is 10.1 Å². The minimum Gasteiger partial charge on any atom is -0.494 e. The highest BCUT2D eigenvalue weighted by Crippen LogP contribution is 2.25. The molecule has 0 bridgehead atoms. The summed E-state index contributed by atoms with van der Waals surface area (Å²) in [5.74, 6) is 0.682. The molecule has 0 aliphatic heterocycles. The quantitative estimate of drug-likeness (QED) is 0.621. The van der Waals surface area contributed by atoms with E-state index in [2.05, 4.69) is 31.3 Å². The lowest BCUT2D eigenvalue weighted by molar-refractivity contribution is 0.0943. The van der Waals surface area contributed by atoms with Crippen LogP contribution in [0.3, 0.4) is 0 Å². The lowest BCUT2D eigenvalue weighted by atomic mass is 9.94. The van der Waals surface area contributed by atoms with E-state index in [0.717, 1.165) is 28.9 Å². The highest BCUT2D eigenvalue weighted by molar-refractivity contribution is 5.94. The summed E-state index contributed by atoms with van der Waals surface area (Å²) >= 11 is 0. The first kappa shape index (κ1) is 18.7. The Balaban J connectivity index is 1.84. The number of carbonyl (C=O) groups is 1. The average Bonchev–Trinajstić information content (AvgIpc) is 2.72. The van der Waals surface area contributed by atoms with Crippen molar-refractivity contribution in [1.29, 1.82) is 0 Å². The van der Waals surface area contributed by atoms with Crippen LogP contribution in [-0.4, -0.2) is 12.5 Å². The van der Waals surface area contributed by atoms with Gasteiger partial charge in [-0.1, -0.05) is 61.5 Å². The summed E-state index contributed by atoms with van der Waals surface area (Å²) in [7, 11) is 0. The van der Waals surface area contributed by atoms with Crippen LogP contribution in [0, 0.1) is 6.92 Å². The Morgan fingerprint density at radius 3 is 2.26 bits per heavy atom. The van der Waals surface area contributed by atoms with E-state index in [0.29, 0.717) is 12.2 Å². The monoisotopic (exact) mass is 359 g/mol. The summed E-state index contributed by atoms with van der Waals surface area (Å²) in [6.07, 6.45) is 0.956. The number of carbonyl (C=O) groups excluding carboxylic acids is 1. The van der Waals surface area contributed by atoms with Crippen molar-refractivity contribution >= 4 is 5.91 Å². The number of amides is 1. The molecular weight excluding hydrogens is 334 g/mol. The van der Waals surface area contributed by atoms with Crippen molar-refractivity contribution in [1.82, 2.24) is 5.32 Å². The molecule has 3 rings (SSSR count). The molecule has 3 aromatic rings. The zero-order chi connectivity index (χ0) is 19.1. The summed E-state index contributed by atoms with van der Waals surface area (Å²) in [5.41, 5.74) is 3.92. The Morgan fingerprint density at radius 1 is 0.926 bits per heavy atom. The fourth-order valence-corrected chi connectivity index (χ4v) is 3.03.